The lowest BCUT2D eigenvalue weighted by Gasteiger charge is -2.37. The summed E-state index contributed by atoms with van der Waals surface area (Å²) < 4.78 is 29.1. The van der Waals surface area contributed by atoms with Gasteiger partial charge in [-0.15, -0.1) is 0 Å². The summed E-state index contributed by atoms with van der Waals surface area (Å²) in [6, 6.07) is 12.6. The fraction of sp³-hybridized carbons (Fsp3) is 0.381. The van der Waals surface area contributed by atoms with Gasteiger partial charge in [-0.1, -0.05) is 42.3 Å². The van der Waals surface area contributed by atoms with E-state index < -0.39 is 15.6 Å². The molecule has 0 bridgehead atoms. The number of anilines is 1. The van der Waals surface area contributed by atoms with Crippen LogP contribution in [0.5, 0.6) is 0 Å². The minimum atomic E-state index is -3.83. The first kappa shape index (κ1) is 18.2. The molecule has 2 aromatic carbocycles. The fourth-order valence-electron chi connectivity index (χ4n) is 4.18. The highest BCUT2D eigenvalue weighted by Crippen LogP contribution is 2.42. The number of carbonyl (C=O) groups is 1. The number of hydrogen-bond donors (Lipinski definition) is 2. The zero-order valence-electron chi connectivity index (χ0n) is 15.4. The number of Topliss-reactive ketones (excluding diaryl/α,β-unsaturated/α-hetero) is 1. The van der Waals surface area contributed by atoms with Crippen LogP contribution < -0.4 is 10.0 Å². The maximum absolute atomic E-state index is 13.2. The van der Waals surface area contributed by atoms with Gasteiger partial charge in [-0.05, 0) is 43.9 Å². The number of fused-ring (bicyclic) bond motifs is 1. The number of aryl methyl sites for hydroxylation is 1. The molecule has 0 radical (unpaired) electrons. The summed E-state index contributed by atoms with van der Waals surface area (Å²) in [7, 11) is -3.83. The standard InChI is InChI=1S/C21H24N2O3S/c1-15-8-10-17(11-9-15)27(25,26)23-21(13-3-2-7-19(21)24)18-6-4-5-16-12-14-22-20(16)18/h4-6,8-11,22-23H,2-3,7,12-14H2,1H3/t21-/m1/s1. The van der Waals surface area contributed by atoms with Gasteiger partial charge in [0, 0.05) is 24.2 Å². The molecule has 1 fully saturated rings. The molecule has 2 N–H and O–H groups in total. The molecule has 0 saturated heterocycles. The Hall–Kier alpha value is -2.18. The molecule has 2 aromatic rings. The maximum Gasteiger partial charge on any atom is 0.241 e. The lowest BCUT2D eigenvalue weighted by Crippen LogP contribution is -2.53. The van der Waals surface area contributed by atoms with Crippen molar-refractivity contribution in [2.45, 2.75) is 49.5 Å². The van der Waals surface area contributed by atoms with Crippen molar-refractivity contribution in [1.29, 1.82) is 0 Å². The van der Waals surface area contributed by atoms with E-state index in [1.165, 1.54) is 0 Å². The van der Waals surface area contributed by atoms with Crippen molar-refractivity contribution in [2.24, 2.45) is 0 Å². The van der Waals surface area contributed by atoms with Gasteiger partial charge in [0.25, 0.3) is 0 Å². The number of benzene rings is 2. The quantitative estimate of drug-likeness (QED) is 0.848. The van der Waals surface area contributed by atoms with Gasteiger partial charge >= 0.3 is 0 Å². The normalized spacial score (nSPS) is 22.3. The molecule has 6 heteroatoms. The third-order valence-electron chi connectivity index (χ3n) is 5.63. The Morgan fingerprint density at radius 1 is 1.04 bits per heavy atom. The van der Waals surface area contributed by atoms with E-state index in [2.05, 4.69) is 10.0 Å². The Bertz CT molecular complexity index is 983. The van der Waals surface area contributed by atoms with Gasteiger partial charge < -0.3 is 5.32 Å². The highest BCUT2D eigenvalue weighted by Gasteiger charge is 2.46. The van der Waals surface area contributed by atoms with Gasteiger partial charge in [-0.3, -0.25) is 4.79 Å². The number of rotatable bonds is 4. The Balaban J connectivity index is 1.82. The molecule has 0 unspecified atom stereocenters. The van der Waals surface area contributed by atoms with Crippen molar-refractivity contribution in [3.63, 3.8) is 0 Å². The summed E-state index contributed by atoms with van der Waals surface area (Å²) in [5, 5.41) is 3.36. The monoisotopic (exact) mass is 384 g/mol. The first-order chi connectivity index (χ1) is 12.9. The largest absolute Gasteiger partial charge is 0.384 e. The van der Waals surface area contributed by atoms with Crippen LogP contribution in [-0.4, -0.2) is 20.7 Å². The molecular weight excluding hydrogens is 360 g/mol. The van der Waals surface area contributed by atoms with Crippen LogP contribution >= 0.6 is 0 Å². The van der Waals surface area contributed by atoms with Crippen LogP contribution in [0, 0.1) is 6.92 Å². The number of carbonyl (C=O) groups excluding carboxylic acids is 1. The number of ketones is 1. The molecule has 142 valence electrons. The molecular formula is C21H24N2O3S. The number of hydrogen-bond acceptors (Lipinski definition) is 4. The van der Waals surface area contributed by atoms with Crippen LogP contribution in [0.4, 0.5) is 5.69 Å². The molecule has 1 aliphatic heterocycles. The molecule has 27 heavy (non-hydrogen) atoms. The van der Waals surface area contributed by atoms with Crippen LogP contribution in [0.15, 0.2) is 47.4 Å². The summed E-state index contributed by atoms with van der Waals surface area (Å²) in [5.41, 5.74) is 2.60. The smallest absolute Gasteiger partial charge is 0.241 e. The van der Waals surface area contributed by atoms with E-state index in [-0.39, 0.29) is 10.7 Å². The van der Waals surface area contributed by atoms with Crippen LogP contribution in [-0.2, 0) is 26.8 Å². The van der Waals surface area contributed by atoms with Gasteiger partial charge in [-0.2, -0.15) is 4.72 Å². The SMILES string of the molecule is Cc1ccc(S(=O)(=O)N[C@@]2(c3cccc4c3NCC4)CCCCC2=O)cc1. The lowest BCUT2D eigenvalue weighted by atomic mass is 9.75. The van der Waals surface area contributed by atoms with Gasteiger partial charge in [0.2, 0.25) is 10.0 Å². The average molecular weight is 385 g/mol. The van der Waals surface area contributed by atoms with Gasteiger partial charge in [-0.25, -0.2) is 8.42 Å². The third-order valence-corrected chi connectivity index (χ3v) is 7.14. The summed E-state index contributed by atoms with van der Waals surface area (Å²) in [5.74, 6) is -0.0495. The molecule has 1 heterocycles. The highest BCUT2D eigenvalue weighted by atomic mass is 32.2. The van der Waals surface area contributed by atoms with E-state index >= 15 is 0 Å². The van der Waals surface area contributed by atoms with E-state index in [1.54, 1.807) is 24.3 Å². The zero-order chi connectivity index (χ0) is 19.1. The van der Waals surface area contributed by atoms with Crippen LogP contribution in [0.2, 0.25) is 0 Å². The number of para-hydroxylation sites is 1. The third kappa shape index (κ3) is 3.17. The minimum Gasteiger partial charge on any atom is -0.384 e. The maximum atomic E-state index is 13.2. The molecule has 0 aromatic heterocycles. The van der Waals surface area contributed by atoms with Crippen molar-refractivity contribution in [3.05, 3.63) is 59.2 Å². The second-order valence-corrected chi connectivity index (χ2v) is 9.15. The molecule has 2 aliphatic rings. The average Bonchev–Trinajstić information content (AvgIpc) is 3.12. The van der Waals surface area contributed by atoms with E-state index in [1.807, 2.05) is 25.1 Å². The minimum absolute atomic E-state index is 0.0495. The summed E-state index contributed by atoms with van der Waals surface area (Å²) in [6.45, 7) is 2.72. The molecule has 4 rings (SSSR count). The lowest BCUT2D eigenvalue weighted by molar-refractivity contribution is -0.127. The van der Waals surface area contributed by atoms with Gasteiger partial charge in [0.1, 0.15) is 5.54 Å². The zero-order valence-corrected chi connectivity index (χ0v) is 16.2. The Kier molecular flexibility index (Phi) is 4.56. The van der Waals surface area contributed by atoms with Crippen LogP contribution in [0.1, 0.15) is 42.4 Å². The van der Waals surface area contributed by atoms with E-state index in [0.29, 0.717) is 12.8 Å². The van der Waals surface area contributed by atoms with Crippen molar-refractivity contribution in [2.75, 3.05) is 11.9 Å². The molecule has 1 saturated carbocycles. The first-order valence-corrected chi connectivity index (χ1v) is 10.9. The molecule has 1 atom stereocenters. The molecule has 1 aliphatic carbocycles. The van der Waals surface area contributed by atoms with E-state index in [9.17, 15) is 13.2 Å². The summed E-state index contributed by atoms with van der Waals surface area (Å²) in [6.07, 6.45) is 3.37. The Labute approximate surface area is 160 Å². The highest BCUT2D eigenvalue weighted by molar-refractivity contribution is 7.89. The van der Waals surface area contributed by atoms with Gasteiger partial charge in [0.05, 0.1) is 4.90 Å². The summed E-state index contributed by atoms with van der Waals surface area (Å²) >= 11 is 0. The van der Waals surface area contributed by atoms with E-state index in [4.69, 9.17) is 0 Å². The predicted octanol–water partition coefficient (Wildman–Crippen LogP) is 3.28. The topological polar surface area (TPSA) is 75.3 Å². The second-order valence-electron chi connectivity index (χ2n) is 7.47. The van der Waals surface area contributed by atoms with Crippen molar-refractivity contribution < 1.29 is 13.2 Å². The first-order valence-electron chi connectivity index (χ1n) is 9.43. The van der Waals surface area contributed by atoms with Crippen molar-refractivity contribution in [3.8, 4) is 0 Å². The predicted molar refractivity (Wildman–Crippen MR) is 105 cm³/mol. The summed E-state index contributed by atoms with van der Waals surface area (Å²) in [4.78, 5) is 13.3. The number of sulfonamides is 1. The van der Waals surface area contributed by atoms with E-state index in [0.717, 1.165) is 48.2 Å². The van der Waals surface area contributed by atoms with Gasteiger partial charge in [0.15, 0.2) is 5.78 Å². The van der Waals surface area contributed by atoms with Crippen molar-refractivity contribution >= 4 is 21.5 Å². The second kappa shape index (κ2) is 6.77. The Morgan fingerprint density at radius 2 is 1.81 bits per heavy atom. The molecule has 5 nitrogen and oxygen atoms in total. The van der Waals surface area contributed by atoms with Crippen LogP contribution in [0.3, 0.4) is 0 Å². The fourth-order valence-corrected chi connectivity index (χ4v) is 5.57. The van der Waals surface area contributed by atoms with Crippen LogP contribution in [0.25, 0.3) is 0 Å². The number of nitrogens with one attached hydrogen (secondary N) is 2. The van der Waals surface area contributed by atoms with Crippen molar-refractivity contribution in [1.82, 2.24) is 4.72 Å². The molecule has 0 amide bonds. The molecule has 0 spiro atoms. The Morgan fingerprint density at radius 3 is 2.56 bits per heavy atom.